The summed E-state index contributed by atoms with van der Waals surface area (Å²) in [6, 6.07) is 0. The maximum Gasteiger partial charge on any atom is 0.410 e. The average molecular weight is 507 g/mol. The summed E-state index contributed by atoms with van der Waals surface area (Å²) in [5.41, 5.74) is -2.29. The van der Waals surface area contributed by atoms with E-state index in [1.165, 1.54) is 10.8 Å². The van der Waals surface area contributed by atoms with Crippen molar-refractivity contribution < 1.29 is 33.3 Å². The van der Waals surface area contributed by atoms with E-state index in [-0.39, 0.29) is 43.4 Å². The van der Waals surface area contributed by atoms with Crippen LogP contribution in [0.5, 0.6) is 5.75 Å². The van der Waals surface area contributed by atoms with Gasteiger partial charge in [-0.3, -0.25) is 4.79 Å². The maximum absolute atomic E-state index is 13.3. The van der Waals surface area contributed by atoms with Crippen LogP contribution in [0.3, 0.4) is 0 Å². The van der Waals surface area contributed by atoms with E-state index in [1.807, 2.05) is 27.7 Å². The third-order valence-electron chi connectivity index (χ3n) is 6.38. The maximum atomic E-state index is 13.3. The number of aromatic nitrogens is 1. The first-order valence-corrected chi connectivity index (χ1v) is 12.7. The quantitative estimate of drug-likeness (QED) is 0.268. The highest BCUT2D eigenvalue weighted by atomic mass is 16.6. The average Bonchev–Trinajstić information content (AvgIpc) is 3.30. The number of amides is 1. The first kappa shape index (κ1) is 27.5. The normalized spacial score (nSPS) is 20.5. The molecule has 1 amide bonds. The molecule has 4 rings (SSSR count). The predicted molar refractivity (Wildman–Crippen MR) is 131 cm³/mol. The number of carbonyl (C=O) groups excluding carboxylic acids is 3. The van der Waals surface area contributed by atoms with Gasteiger partial charge in [-0.1, -0.05) is 13.3 Å². The minimum absolute atomic E-state index is 0.0696. The molecule has 10 heteroatoms. The van der Waals surface area contributed by atoms with Crippen LogP contribution in [-0.4, -0.2) is 65.0 Å². The third kappa shape index (κ3) is 5.68. The Balaban J connectivity index is 2.10. The van der Waals surface area contributed by atoms with Crippen LogP contribution >= 0.6 is 0 Å². The highest BCUT2D eigenvalue weighted by Gasteiger charge is 2.59. The van der Waals surface area contributed by atoms with Crippen molar-refractivity contribution in [3.05, 3.63) is 27.7 Å². The Bertz CT molecular complexity index is 1050. The molecule has 36 heavy (non-hydrogen) atoms. The Morgan fingerprint density at radius 3 is 2.28 bits per heavy atom. The van der Waals surface area contributed by atoms with Gasteiger partial charge in [0.1, 0.15) is 11.2 Å². The van der Waals surface area contributed by atoms with Gasteiger partial charge in [0.25, 0.3) is 0 Å². The Labute approximate surface area is 211 Å². The number of fused-ring (bicyclic) bond motifs is 1. The summed E-state index contributed by atoms with van der Waals surface area (Å²) < 4.78 is 23.3. The SMILES string of the molecule is CCCCOc1c(C(=O)OCC)n(C[C@]23C[C@H](CN2C(=O)OC(C)(C)C)C3)cc(C(=O)OCC)c1=O. The zero-order valence-corrected chi connectivity index (χ0v) is 22.2. The van der Waals surface area contributed by atoms with E-state index in [2.05, 4.69) is 0 Å². The van der Waals surface area contributed by atoms with Crippen LogP contribution < -0.4 is 10.2 Å². The molecule has 0 N–H and O–H groups in total. The molecule has 0 radical (unpaired) electrons. The molecular weight excluding hydrogens is 468 g/mol. The molecule has 3 heterocycles. The molecule has 0 spiro atoms. The Morgan fingerprint density at radius 1 is 1.06 bits per heavy atom. The number of unbranched alkanes of at least 4 members (excludes halogenated alkanes) is 1. The van der Waals surface area contributed by atoms with Crippen molar-refractivity contribution in [2.75, 3.05) is 26.4 Å². The molecule has 1 saturated carbocycles. The van der Waals surface area contributed by atoms with Crippen molar-refractivity contribution >= 4 is 18.0 Å². The number of pyridine rings is 1. The van der Waals surface area contributed by atoms with Gasteiger partial charge >= 0.3 is 18.0 Å². The van der Waals surface area contributed by atoms with Crippen molar-refractivity contribution in [3.63, 3.8) is 0 Å². The standard InChI is InChI=1S/C26H38N2O8/c1-7-10-11-35-21-19(23(31)34-9-3)27(15-18(20(21)29)22(30)33-8-2)16-26-12-17(13-26)14-28(26)24(32)36-25(4,5)6/h15,17H,7-14,16H2,1-6H3/t17-,26+. The molecule has 200 valence electrons. The highest BCUT2D eigenvalue weighted by molar-refractivity contribution is 5.94. The molecule has 2 bridgehead atoms. The smallest absolute Gasteiger partial charge is 0.410 e. The molecule has 1 aliphatic carbocycles. The van der Waals surface area contributed by atoms with E-state index in [9.17, 15) is 19.2 Å². The van der Waals surface area contributed by atoms with E-state index in [0.29, 0.717) is 18.9 Å². The minimum Gasteiger partial charge on any atom is -0.487 e. The first-order valence-electron chi connectivity index (χ1n) is 12.7. The molecular formula is C26H38N2O8. The molecule has 1 aromatic heterocycles. The second-order valence-electron chi connectivity index (χ2n) is 10.4. The number of nitrogens with zero attached hydrogens (tertiary/aromatic N) is 2. The zero-order valence-electron chi connectivity index (χ0n) is 22.2. The summed E-state index contributed by atoms with van der Waals surface area (Å²) in [7, 11) is 0. The van der Waals surface area contributed by atoms with Gasteiger partial charge in [0.15, 0.2) is 11.4 Å². The van der Waals surface area contributed by atoms with Crippen molar-refractivity contribution in [2.45, 2.75) is 84.9 Å². The van der Waals surface area contributed by atoms with Crippen LogP contribution in [-0.2, 0) is 20.8 Å². The second kappa shape index (κ2) is 10.9. The van der Waals surface area contributed by atoms with Gasteiger partial charge in [-0.2, -0.15) is 0 Å². The van der Waals surface area contributed by atoms with Gasteiger partial charge in [0, 0.05) is 19.3 Å². The van der Waals surface area contributed by atoms with Gasteiger partial charge in [-0.25, -0.2) is 14.4 Å². The highest BCUT2D eigenvalue weighted by Crippen LogP contribution is 2.52. The summed E-state index contributed by atoms with van der Waals surface area (Å²) in [4.78, 5) is 53.8. The summed E-state index contributed by atoms with van der Waals surface area (Å²) in [6.07, 6.45) is 3.82. The fourth-order valence-corrected chi connectivity index (χ4v) is 4.91. The molecule has 2 aliphatic heterocycles. The second-order valence-corrected chi connectivity index (χ2v) is 10.4. The van der Waals surface area contributed by atoms with Gasteiger partial charge < -0.3 is 28.4 Å². The van der Waals surface area contributed by atoms with Crippen LogP contribution in [0, 0.1) is 5.92 Å². The molecule has 3 aliphatic rings. The molecule has 3 fully saturated rings. The monoisotopic (exact) mass is 506 g/mol. The molecule has 10 nitrogen and oxygen atoms in total. The van der Waals surface area contributed by atoms with E-state index in [1.54, 1.807) is 18.7 Å². The number of ether oxygens (including phenoxy) is 4. The Morgan fingerprint density at radius 2 is 1.69 bits per heavy atom. The third-order valence-corrected chi connectivity index (χ3v) is 6.38. The lowest BCUT2D eigenvalue weighted by molar-refractivity contribution is 0.00246. The number of carbonyl (C=O) groups is 3. The number of hydrogen-bond acceptors (Lipinski definition) is 8. The summed E-state index contributed by atoms with van der Waals surface area (Å²) in [6.45, 7) is 11.8. The van der Waals surface area contributed by atoms with E-state index < -0.39 is 34.6 Å². The fraction of sp³-hybridized carbons (Fsp3) is 0.692. The lowest BCUT2D eigenvalue weighted by Gasteiger charge is -2.43. The lowest BCUT2D eigenvalue weighted by Crippen LogP contribution is -2.53. The molecule has 0 unspecified atom stereocenters. The molecule has 0 atom stereocenters. The van der Waals surface area contributed by atoms with Crippen LogP contribution in [0.2, 0.25) is 0 Å². The van der Waals surface area contributed by atoms with E-state index >= 15 is 0 Å². The van der Waals surface area contributed by atoms with Gasteiger partial charge in [-0.05, 0) is 59.8 Å². The van der Waals surface area contributed by atoms with E-state index in [4.69, 9.17) is 18.9 Å². The van der Waals surface area contributed by atoms with Crippen LogP contribution in [0.1, 0.15) is 88.1 Å². The first-order chi connectivity index (χ1) is 17.0. The lowest BCUT2D eigenvalue weighted by atomic mass is 9.73. The van der Waals surface area contributed by atoms with Crippen molar-refractivity contribution in [3.8, 4) is 5.75 Å². The largest absolute Gasteiger partial charge is 0.487 e. The summed E-state index contributed by atoms with van der Waals surface area (Å²) in [5, 5.41) is 0. The van der Waals surface area contributed by atoms with Crippen LogP contribution in [0.15, 0.2) is 11.0 Å². The Hall–Kier alpha value is -3.04. The van der Waals surface area contributed by atoms with Crippen molar-refractivity contribution in [2.24, 2.45) is 5.92 Å². The minimum atomic E-state index is -0.800. The summed E-state index contributed by atoms with van der Waals surface area (Å²) >= 11 is 0. The van der Waals surface area contributed by atoms with Crippen LogP contribution in [0.25, 0.3) is 0 Å². The number of hydrogen-bond donors (Lipinski definition) is 0. The van der Waals surface area contributed by atoms with Gasteiger partial charge in [-0.15, -0.1) is 0 Å². The predicted octanol–water partition coefficient (Wildman–Crippen LogP) is 3.78. The summed E-state index contributed by atoms with van der Waals surface area (Å²) in [5.74, 6) is -1.44. The Kier molecular flexibility index (Phi) is 8.36. The van der Waals surface area contributed by atoms with Crippen molar-refractivity contribution in [1.29, 1.82) is 0 Å². The molecule has 2 saturated heterocycles. The van der Waals surface area contributed by atoms with Crippen molar-refractivity contribution in [1.82, 2.24) is 9.47 Å². The van der Waals surface area contributed by atoms with E-state index in [0.717, 1.165) is 19.3 Å². The number of esters is 2. The van der Waals surface area contributed by atoms with Gasteiger partial charge in [0.2, 0.25) is 5.43 Å². The fourth-order valence-electron chi connectivity index (χ4n) is 4.91. The molecule has 1 aromatic rings. The van der Waals surface area contributed by atoms with Crippen LogP contribution in [0.4, 0.5) is 4.79 Å². The molecule has 0 aromatic carbocycles. The van der Waals surface area contributed by atoms with Gasteiger partial charge in [0.05, 0.1) is 25.4 Å². The zero-order chi connectivity index (χ0) is 26.7. The topological polar surface area (TPSA) is 113 Å². The number of rotatable bonds is 10.